The zero-order valence-electron chi connectivity index (χ0n) is 15.0. The summed E-state index contributed by atoms with van der Waals surface area (Å²) in [6.45, 7) is 4.45. The molecular formula is C21H22N2O3. The van der Waals surface area contributed by atoms with Crippen molar-refractivity contribution in [2.45, 2.75) is 39.7 Å². The van der Waals surface area contributed by atoms with E-state index >= 15 is 0 Å². The molecule has 0 aliphatic carbocycles. The van der Waals surface area contributed by atoms with Crippen LogP contribution in [0.3, 0.4) is 0 Å². The number of carbonyl (C=O) groups is 1. The molecule has 0 radical (unpaired) electrons. The normalized spacial score (nSPS) is 11.0. The molecule has 0 bridgehead atoms. The van der Waals surface area contributed by atoms with E-state index in [4.69, 9.17) is 10.1 Å². The van der Waals surface area contributed by atoms with Crippen LogP contribution in [0, 0.1) is 6.92 Å². The van der Waals surface area contributed by atoms with Crippen LogP contribution in [0.25, 0.3) is 10.9 Å². The first-order valence-corrected chi connectivity index (χ1v) is 8.82. The van der Waals surface area contributed by atoms with Crippen molar-refractivity contribution in [2.75, 3.05) is 0 Å². The number of fused-ring (bicyclic) bond motifs is 1. The molecule has 0 aliphatic rings. The maximum Gasteiger partial charge on any atom is 0.335 e. The van der Waals surface area contributed by atoms with Crippen LogP contribution < -0.4 is 5.56 Å². The molecule has 134 valence electrons. The van der Waals surface area contributed by atoms with Gasteiger partial charge in [-0.25, -0.2) is 9.78 Å². The van der Waals surface area contributed by atoms with E-state index in [-0.39, 0.29) is 11.1 Å². The van der Waals surface area contributed by atoms with Crippen molar-refractivity contribution in [1.29, 1.82) is 0 Å². The van der Waals surface area contributed by atoms with Gasteiger partial charge in [0.05, 0.1) is 23.0 Å². The molecule has 0 saturated heterocycles. The average molecular weight is 350 g/mol. The lowest BCUT2D eigenvalue weighted by atomic mass is 10.1. The molecule has 0 aliphatic heterocycles. The second-order valence-electron chi connectivity index (χ2n) is 6.55. The van der Waals surface area contributed by atoms with E-state index in [0.29, 0.717) is 11.9 Å². The smallest absolute Gasteiger partial charge is 0.335 e. The first-order valence-electron chi connectivity index (χ1n) is 8.82. The van der Waals surface area contributed by atoms with Crippen molar-refractivity contribution in [3.63, 3.8) is 0 Å². The Labute approximate surface area is 151 Å². The summed E-state index contributed by atoms with van der Waals surface area (Å²) in [5.74, 6) is -0.185. The molecule has 0 spiro atoms. The van der Waals surface area contributed by atoms with Crippen LogP contribution in [-0.4, -0.2) is 20.6 Å². The van der Waals surface area contributed by atoms with Gasteiger partial charge in [0.2, 0.25) is 0 Å². The number of aromatic nitrogens is 2. The number of carboxylic acids is 1. The van der Waals surface area contributed by atoms with Gasteiger partial charge >= 0.3 is 5.97 Å². The minimum Gasteiger partial charge on any atom is -0.478 e. The van der Waals surface area contributed by atoms with E-state index in [0.717, 1.165) is 41.7 Å². The van der Waals surface area contributed by atoms with E-state index < -0.39 is 5.97 Å². The quantitative estimate of drug-likeness (QED) is 0.734. The second kappa shape index (κ2) is 7.52. The van der Waals surface area contributed by atoms with Gasteiger partial charge in [-0.2, -0.15) is 0 Å². The van der Waals surface area contributed by atoms with Crippen LogP contribution >= 0.6 is 0 Å². The summed E-state index contributed by atoms with van der Waals surface area (Å²) in [7, 11) is 0. The van der Waals surface area contributed by atoms with Crippen LogP contribution in [0.5, 0.6) is 0 Å². The van der Waals surface area contributed by atoms with Crippen LogP contribution in [0.1, 0.15) is 47.1 Å². The number of benzene rings is 2. The maximum absolute atomic E-state index is 13.1. The van der Waals surface area contributed by atoms with Gasteiger partial charge in [-0.15, -0.1) is 0 Å². The van der Waals surface area contributed by atoms with Gasteiger partial charge in [0.25, 0.3) is 5.56 Å². The number of aryl methyl sites for hydroxylation is 2. The van der Waals surface area contributed by atoms with Crippen LogP contribution in [-0.2, 0) is 13.0 Å². The van der Waals surface area contributed by atoms with Crippen molar-refractivity contribution in [3.05, 3.63) is 75.3 Å². The van der Waals surface area contributed by atoms with E-state index in [1.165, 1.54) is 0 Å². The highest BCUT2D eigenvalue weighted by molar-refractivity contribution is 5.87. The monoisotopic (exact) mass is 350 g/mol. The van der Waals surface area contributed by atoms with Gasteiger partial charge in [0, 0.05) is 6.42 Å². The first-order chi connectivity index (χ1) is 12.5. The number of rotatable bonds is 6. The summed E-state index contributed by atoms with van der Waals surface area (Å²) in [6, 6.07) is 12.4. The molecule has 1 heterocycles. The maximum atomic E-state index is 13.1. The van der Waals surface area contributed by atoms with Crippen molar-refractivity contribution < 1.29 is 9.90 Å². The lowest BCUT2D eigenvalue weighted by molar-refractivity contribution is 0.0697. The van der Waals surface area contributed by atoms with E-state index in [1.54, 1.807) is 28.8 Å². The highest BCUT2D eigenvalue weighted by Gasteiger charge is 2.12. The SMILES string of the molecule is CCCCc1nc2ccc(C)cc2c(=O)n1Cc1ccc(C(=O)O)cc1. The topological polar surface area (TPSA) is 72.2 Å². The summed E-state index contributed by atoms with van der Waals surface area (Å²) in [4.78, 5) is 28.8. The van der Waals surface area contributed by atoms with Gasteiger partial charge in [0.1, 0.15) is 5.82 Å². The van der Waals surface area contributed by atoms with Gasteiger partial charge in [-0.05, 0) is 43.2 Å². The van der Waals surface area contributed by atoms with E-state index in [1.807, 2.05) is 25.1 Å². The third-order valence-electron chi connectivity index (χ3n) is 4.48. The Morgan fingerprint density at radius 1 is 1.15 bits per heavy atom. The number of unbranched alkanes of at least 4 members (excludes halogenated alkanes) is 1. The van der Waals surface area contributed by atoms with Gasteiger partial charge < -0.3 is 5.11 Å². The Bertz CT molecular complexity index is 1000. The second-order valence-corrected chi connectivity index (χ2v) is 6.55. The Kier molecular flexibility index (Phi) is 5.16. The Balaban J connectivity index is 2.07. The molecule has 1 N–H and O–H groups in total. The zero-order chi connectivity index (χ0) is 18.7. The highest BCUT2D eigenvalue weighted by atomic mass is 16.4. The van der Waals surface area contributed by atoms with E-state index in [9.17, 15) is 9.59 Å². The van der Waals surface area contributed by atoms with Crippen molar-refractivity contribution in [2.24, 2.45) is 0 Å². The molecule has 5 nitrogen and oxygen atoms in total. The summed E-state index contributed by atoms with van der Waals surface area (Å²) in [5.41, 5.74) is 2.81. The van der Waals surface area contributed by atoms with Crippen LogP contribution in [0.4, 0.5) is 0 Å². The minimum absolute atomic E-state index is 0.0490. The largest absolute Gasteiger partial charge is 0.478 e. The molecule has 3 aromatic rings. The third kappa shape index (κ3) is 3.67. The molecule has 3 rings (SSSR count). The van der Waals surface area contributed by atoms with Crippen molar-refractivity contribution in [1.82, 2.24) is 9.55 Å². The minimum atomic E-state index is -0.958. The summed E-state index contributed by atoms with van der Waals surface area (Å²) < 4.78 is 1.72. The lowest BCUT2D eigenvalue weighted by Crippen LogP contribution is -2.26. The van der Waals surface area contributed by atoms with Crippen molar-refractivity contribution >= 4 is 16.9 Å². The molecule has 0 amide bonds. The number of carboxylic acid groups (broad SMARTS) is 1. The van der Waals surface area contributed by atoms with Gasteiger partial charge in [-0.3, -0.25) is 9.36 Å². The highest BCUT2D eigenvalue weighted by Crippen LogP contribution is 2.14. The molecule has 5 heteroatoms. The fourth-order valence-corrected chi connectivity index (χ4v) is 3.00. The molecule has 0 unspecified atom stereocenters. The fourth-order valence-electron chi connectivity index (χ4n) is 3.00. The first kappa shape index (κ1) is 17.9. The van der Waals surface area contributed by atoms with Gasteiger partial charge in [-0.1, -0.05) is 37.1 Å². The predicted octanol–water partition coefficient (Wildman–Crippen LogP) is 3.79. The number of hydrogen-bond acceptors (Lipinski definition) is 3. The fraction of sp³-hybridized carbons (Fsp3) is 0.286. The number of hydrogen-bond donors (Lipinski definition) is 1. The molecule has 0 fully saturated rings. The standard InChI is InChI=1S/C21H22N2O3/c1-3-4-5-19-22-18-11-6-14(2)12-17(18)20(24)23(19)13-15-7-9-16(10-8-15)21(25)26/h6-12H,3-5,13H2,1-2H3,(H,25,26). The number of aromatic carboxylic acids is 1. The molecular weight excluding hydrogens is 328 g/mol. The predicted molar refractivity (Wildman–Crippen MR) is 102 cm³/mol. The van der Waals surface area contributed by atoms with Crippen LogP contribution in [0.15, 0.2) is 47.3 Å². The average Bonchev–Trinajstić information content (AvgIpc) is 2.63. The van der Waals surface area contributed by atoms with E-state index in [2.05, 4.69) is 6.92 Å². The Morgan fingerprint density at radius 2 is 1.88 bits per heavy atom. The zero-order valence-corrected chi connectivity index (χ0v) is 15.0. The molecule has 2 aromatic carbocycles. The summed E-state index contributed by atoms with van der Waals surface area (Å²) in [6.07, 6.45) is 2.72. The van der Waals surface area contributed by atoms with Gasteiger partial charge in [0.15, 0.2) is 0 Å². The lowest BCUT2D eigenvalue weighted by Gasteiger charge is -2.14. The Hall–Kier alpha value is -2.95. The molecule has 0 atom stereocenters. The Morgan fingerprint density at radius 3 is 2.54 bits per heavy atom. The summed E-state index contributed by atoms with van der Waals surface area (Å²) >= 11 is 0. The molecule has 0 saturated carbocycles. The molecule has 1 aromatic heterocycles. The van der Waals surface area contributed by atoms with Crippen molar-refractivity contribution in [3.8, 4) is 0 Å². The van der Waals surface area contributed by atoms with Crippen LogP contribution in [0.2, 0.25) is 0 Å². The molecule has 26 heavy (non-hydrogen) atoms. The summed E-state index contributed by atoms with van der Waals surface area (Å²) in [5, 5.41) is 9.65. The number of nitrogens with zero attached hydrogens (tertiary/aromatic N) is 2. The third-order valence-corrected chi connectivity index (χ3v) is 4.48.